The van der Waals surface area contributed by atoms with E-state index >= 15 is 0 Å². The number of halogens is 13. The average Bonchev–Trinajstić information content (AvgIpc) is 2.53. The van der Waals surface area contributed by atoms with Gasteiger partial charge in [-0.3, -0.25) is 0 Å². The van der Waals surface area contributed by atoms with Gasteiger partial charge in [-0.2, -0.15) is 52.7 Å². The zero-order chi connectivity index (χ0) is 25.8. The number of alkyl halides is 13. The summed E-state index contributed by atoms with van der Waals surface area (Å²) in [7, 11) is -4.43. The molecule has 0 amide bonds. The third-order valence-electron chi connectivity index (χ3n) is 4.51. The van der Waals surface area contributed by atoms with Crippen molar-refractivity contribution < 1.29 is 65.5 Å². The molecule has 2 atom stereocenters. The summed E-state index contributed by atoms with van der Waals surface area (Å²) >= 11 is 0. The molecule has 0 aromatic carbocycles. The first-order valence-corrected chi connectivity index (χ1v) is 10.6. The maximum Gasteiger partial charge on any atom is 0.431 e. The van der Waals surface area contributed by atoms with E-state index in [9.17, 15) is 65.5 Å². The summed E-state index contributed by atoms with van der Waals surface area (Å²) in [5, 5.41) is 0. The Balaban J connectivity index is 5.84. The quantitative estimate of drug-likeness (QED) is 0.263. The van der Waals surface area contributed by atoms with Crippen LogP contribution in [0.15, 0.2) is 0 Å². The fourth-order valence-electron chi connectivity index (χ4n) is 2.60. The monoisotopic (exact) mass is 525 g/mol. The van der Waals surface area contributed by atoms with E-state index < -0.39 is 77.2 Å². The standard InChI is InChI=1S/C15H20F13NO2S/c1-2-3-5-29-32(30,31)6-4-9(12(17,18)19)7-10(13(20,21)22)8-11(16,14(23,24)25)15(26,27)28/h9-10,29H,2-8H2,1H3. The first-order chi connectivity index (χ1) is 14.0. The van der Waals surface area contributed by atoms with E-state index in [0.717, 1.165) is 0 Å². The largest absolute Gasteiger partial charge is 0.431 e. The molecule has 32 heavy (non-hydrogen) atoms. The van der Waals surface area contributed by atoms with E-state index in [1.165, 1.54) is 0 Å². The molecule has 0 radical (unpaired) electrons. The summed E-state index contributed by atoms with van der Waals surface area (Å²) in [6.07, 6.45) is -32.1. The highest BCUT2D eigenvalue weighted by Crippen LogP contribution is 2.53. The fraction of sp³-hybridized carbons (Fsp3) is 1.00. The van der Waals surface area contributed by atoms with Crippen LogP contribution in [0.5, 0.6) is 0 Å². The number of hydrogen-bond acceptors (Lipinski definition) is 2. The van der Waals surface area contributed by atoms with Crippen LogP contribution >= 0.6 is 0 Å². The molecule has 0 heterocycles. The van der Waals surface area contributed by atoms with Crippen LogP contribution in [0.2, 0.25) is 0 Å². The second kappa shape index (κ2) is 10.5. The van der Waals surface area contributed by atoms with Gasteiger partial charge in [-0.1, -0.05) is 13.3 Å². The molecule has 2 unspecified atom stereocenters. The molecule has 17 heteroatoms. The third kappa shape index (κ3) is 9.09. The minimum Gasteiger partial charge on any atom is -0.224 e. The van der Waals surface area contributed by atoms with Gasteiger partial charge in [0.2, 0.25) is 10.0 Å². The van der Waals surface area contributed by atoms with Gasteiger partial charge in [0.25, 0.3) is 5.67 Å². The summed E-state index contributed by atoms with van der Waals surface area (Å²) in [5.41, 5.74) is -6.43. The molecule has 0 saturated heterocycles. The molecule has 0 aromatic rings. The maximum atomic E-state index is 13.7. The van der Waals surface area contributed by atoms with Crippen molar-refractivity contribution in [1.29, 1.82) is 0 Å². The van der Waals surface area contributed by atoms with Crippen LogP contribution < -0.4 is 4.72 Å². The van der Waals surface area contributed by atoms with Crippen LogP contribution in [0.1, 0.15) is 39.0 Å². The van der Waals surface area contributed by atoms with Gasteiger partial charge in [0.05, 0.1) is 17.6 Å². The molecule has 3 nitrogen and oxygen atoms in total. The van der Waals surface area contributed by atoms with Crippen molar-refractivity contribution in [1.82, 2.24) is 4.72 Å². The van der Waals surface area contributed by atoms with Crippen LogP contribution in [-0.2, 0) is 10.0 Å². The lowest BCUT2D eigenvalue weighted by Crippen LogP contribution is -2.55. The Morgan fingerprint density at radius 1 is 0.750 bits per heavy atom. The smallest absolute Gasteiger partial charge is 0.224 e. The maximum absolute atomic E-state index is 13.7. The minimum atomic E-state index is -6.89. The Labute approximate surface area is 174 Å². The van der Waals surface area contributed by atoms with E-state index in [1.807, 2.05) is 4.72 Å². The first kappa shape index (κ1) is 31.0. The number of hydrogen-bond donors (Lipinski definition) is 1. The molecule has 0 aromatic heterocycles. The zero-order valence-corrected chi connectivity index (χ0v) is 17.1. The van der Waals surface area contributed by atoms with Crippen LogP contribution in [-0.4, -0.2) is 51.1 Å². The number of unbranched alkanes of at least 4 members (excludes halogenated alkanes) is 1. The van der Waals surface area contributed by atoms with E-state index in [0.29, 0.717) is 6.42 Å². The average molecular weight is 525 g/mol. The van der Waals surface area contributed by atoms with Crippen LogP contribution in [0.25, 0.3) is 0 Å². The van der Waals surface area contributed by atoms with E-state index in [1.54, 1.807) is 6.92 Å². The second-order valence-corrected chi connectivity index (χ2v) is 9.00. The van der Waals surface area contributed by atoms with Crippen molar-refractivity contribution in [2.24, 2.45) is 11.8 Å². The molecule has 0 fully saturated rings. The molecule has 0 aliphatic rings. The molecular formula is C15H20F13NO2S. The van der Waals surface area contributed by atoms with E-state index in [-0.39, 0.29) is 13.0 Å². The van der Waals surface area contributed by atoms with Crippen LogP contribution in [0.3, 0.4) is 0 Å². The highest BCUT2D eigenvalue weighted by atomic mass is 32.2. The lowest BCUT2D eigenvalue weighted by atomic mass is 9.83. The normalized spacial score (nSPS) is 16.8. The predicted molar refractivity (Wildman–Crippen MR) is 85.6 cm³/mol. The van der Waals surface area contributed by atoms with Gasteiger partial charge in [0.15, 0.2) is 0 Å². The van der Waals surface area contributed by atoms with Gasteiger partial charge in [0, 0.05) is 13.0 Å². The zero-order valence-electron chi connectivity index (χ0n) is 16.2. The Morgan fingerprint density at radius 3 is 1.53 bits per heavy atom. The van der Waals surface area contributed by atoms with Gasteiger partial charge in [-0.05, 0) is 19.3 Å². The molecule has 1 N–H and O–H groups in total. The van der Waals surface area contributed by atoms with Crippen molar-refractivity contribution >= 4 is 10.0 Å². The highest BCUT2D eigenvalue weighted by molar-refractivity contribution is 7.89. The Morgan fingerprint density at radius 2 is 1.19 bits per heavy atom. The summed E-state index contributed by atoms with van der Waals surface area (Å²) in [4.78, 5) is 0. The van der Waals surface area contributed by atoms with Gasteiger partial charge < -0.3 is 0 Å². The van der Waals surface area contributed by atoms with Gasteiger partial charge in [-0.25, -0.2) is 17.5 Å². The van der Waals surface area contributed by atoms with Crippen molar-refractivity contribution in [3.8, 4) is 0 Å². The van der Waals surface area contributed by atoms with Crippen LogP contribution in [0.4, 0.5) is 57.1 Å². The topological polar surface area (TPSA) is 46.2 Å². The van der Waals surface area contributed by atoms with Crippen molar-refractivity contribution in [3.05, 3.63) is 0 Å². The Bertz CT molecular complexity index is 665. The van der Waals surface area contributed by atoms with Gasteiger partial charge in [0.1, 0.15) is 0 Å². The fourth-order valence-corrected chi connectivity index (χ4v) is 3.79. The number of sulfonamides is 1. The van der Waals surface area contributed by atoms with Crippen molar-refractivity contribution in [2.45, 2.75) is 69.4 Å². The van der Waals surface area contributed by atoms with Crippen molar-refractivity contribution in [3.63, 3.8) is 0 Å². The van der Waals surface area contributed by atoms with Gasteiger partial charge in [-0.15, -0.1) is 0 Å². The molecule has 0 bridgehead atoms. The lowest BCUT2D eigenvalue weighted by Gasteiger charge is -2.35. The number of nitrogens with one attached hydrogen (secondary N) is 1. The molecular weight excluding hydrogens is 505 g/mol. The summed E-state index contributed by atoms with van der Waals surface area (Å²) in [5.74, 6) is -8.68. The predicted octanol–water partition coefficient (Wildman–Crippen LogP) is 6.07. The minimum absolute atomic E-state index is 0.206. The second-order valence-electron chi connectivity index (χ2n) is 7.07. The summed E-state index contributed by atoms with van der Waals surface area (Å²) in [6.45, 7) is 1.43. The van der Waals surface area contributed by atoms with E-state index in [4.69, 9.17) is 0 Å². The molecule has 0 rings (SSSR count). The molecule has 0 saturated carbocycles. The first-order valence-electron chi connectivity index (χ1n) is 8.91. The molecule has 0 spiro atoms. The molecule has 0 aliphatic carbocycles. The van der Waals surface area contributed by atoms with Crippen LogP contribution in [0, 0.1) is 11.8 Å². The lowest BCUT2D eigenvalue weighted by molar-refractivity contribution is -0.353. The summed E-state index contributed by atoms with van der Waals surface area (Å²) < 4.78 is 193. The third-order valence-corrected chi connectivity index (χ3v) is 5.93. The number of rotatable bonds is 11. The SMILES string of the molecule is CCCCNS(=O)(=O)CCC(CC(CC(F)(C(F)(F)F)C(F)(F)F)C(F)(F)F)C(F)(F)F. The molecule has 0 aliphatic heterocycles. The Kier molecular flexibility index (Phi) is 10.2. The summed E-state index contributed by atoms with van der Waals surface area (Å²) in [6, 6.07) is 0. The highest BCUT2D eigenvalue weighted by Gasteiger charge is 2.74. The van der Waals surface area contributed by atoms with E-state index in [2.05, 4.69) is 0 Å². The molecule has 194 valence electrons. The van der Waals surface area contributed by atoms with Gasteiger partial charge >= 0.3 is 24.7 Å². The Hall–Kier alpha value is -1.00. The van der Waals surface area contributed by atoms with Crippen molar-refractivity contribution in [2.75, 3.05) is 12.3 Å².